The summed E-state index contributed by atoms with van der Waals surface area (Å²) in [6, 6.07) is 7.28. The number of rotatable bonds is 6. The van der Waals surface area contributed by atoms with Crippen molar-refractivity contribution in [3.8, 4) is 5.75 Å². The van der Waals surface area contributed by atoms with Gasteiger partial charge < -0.3 is 15.4 Å². The van der Waals surface area contributed by atoms with Crippen LogP contribution in [0, 0.1) is 12.8 Å². The topological polar surface area (TPSA) is 63.2 Å². The summed E-state index contributed by atoms with van der Waals surface area (Å²) in [6.45, 7) is 5.94. The lowest BCUT2D eigenvalue weighted by Gasteiger charge is -2.13. The number of nitrogens with one attached hydrogen (secondary N) is 2. The van der Waals surface area contributed by atoms with Gasteiger partial charge in [-0.3, -0.25) is 4.79 Å². The molecule has 24 heavy (non-hydrogen) atoms. The van der Waals surface area contributed by atoms with Crippen molar-refractivity contribution in [3.05, 3.63) is 41.0 Å². The van der Waals surface area contributed by atoms with E-state index < -0.39 is 0 Å². The van der Waals surface area contributed by atoms with Crippen LogP contribution in [0.5, 0.6) is 5.75 Å². The van der Waals surface area contributed by atoms with E-state index in [0.717, 1.165) is 11.3 Å². The molecule has 0 radical (unpaired) electrons. The number of aromatic nitrogens is 1. The minimum atomic E-state index is -0.0116. The summed E-state index contributed by atoms with van der Waals surface area (Å²) in [6.07, 6.45) is 2.11. The number of halogens is 1. The fourth-order valence-corrected chi connectivity index (χ4v) is 2.35. The quantitative estimate of drug-likeness (QED) is 0.789. The number of benzene rings is 1. The number of amides is 1. The number of nitrogens with zero attached hydrogens (tertiary/aromatic N) is 1. The molecular weight excluding hydrogens is 326 g/mol. The molecule has 1 heterocycles. The minimum absolute atomic E-state index is 0.0116. The molecule has 0 atom stereocenters. The standard InChI is InChI=1S/C18H22ClN3O2/c1-11(2)7-18(23)21-13-5-6-17(20-10-13)22-15-8-12(3)14(19)9-16(15)24-4/h5-6,8-11H,7H2,1-4H3,(H,20,22)(H,21,23). The van der Waals surface area contributed by atoms with Gasteiger partial charge in [-0.15, -0.1) is 0 Å². The average Bonchev–Trinajstić information content (AvgIpc) is 2.51. The van der Waals surface area contributed by atoms with Crippen LogP contribution < -0.4 is 15.4 Å². The number of carbonyl (C=O) groups is 1. The van der Waals surface area contributed by atoms with Crippen molar-refractivity contribution in [1.82, 2.24) is 4.98 Å². The van der Waals surface area contributed by atoms with E-state index in [-0.39, 0.29) is 5.91 Å². The van der Waals surface area contributed by atoms with E-state index in [1.807, 2.05) is 32.9 Å². The lowest BCUT2D eigenvalue weighted by molar-refractivity contribution is -0.116. The van der Waals surface area contributed by atoms with Crippen LogP contribution in [0.3, 0.4) is 0 Å². The highest BCUT2D eigenvalue weighted by Gasteiger charge is 2.09. The summed E-state index contributed by atoms with van der Waals surface area (Å²) in [5.41, 5.74) is 2.39. The summed E-state index contributed by atoms with van der Waals surface area (Å²) in [5.74, 6) is 1.60. The summed E-state index contributed by atoms with van der Waals surface area (Å²) in [7, 11) is 1.59. The van der Waals surface area contributed by atoms with Gasteiger partial charge in [0.1, 0.15) is 11.6 Å². The number of pyridine rings is 1. The molecule has 128 valence electrons. The van der Waals surface area contributed by atoms with Gasteiger partial charge >= 0.3 is 0 Å². The predicted octanol–water partition coefficient (Wildman–Crippen LogP) is 4.78. The fraction of sp³-hybridized carbons (Fsp3) is 0.333. The largest absolute Gasteiger partial charge is 0.495 e. The molecule has 0 aliphatic rings. The van der Waals surface area contributed by atoms with Gasteiger partial charge in [-0.05, 0) is 36.6 Å². The summed E-state index contributed by atoms with van der Waals surface area (Å²) in [5, 5.41) is 6.68. The highest BCUT2D eigenvalue weighted by atomic mass is 35.5. The molecule has 2 N–H and O–H groups in total. The second kappa shape index (κ2) is 8.02. The normalized spacial score (nSPS) is 10.6. The van der Waals surface area contributed by atoms with Crippen molar-refractivity contribution in [3.63, 3.8) is 0 Å². The Morgan fingerprint density at radius 1 is 1.33 bits per heavy atom. The molecule has 0 fully saturated rings. The third kappa shape index (κ3) is 4.86. The molecule has 1 aromatic carbocycles. The van der Waals surface area contributed by atoms with Gasteiger partial charge in [0.2, 0.25) is 5.91 Å². The molecule has 0 bridgehead atoms. The van der Waals surface area contributed by atoms with Gasteiger partial charge in [0, 0.05) is 17.5 Å². The van der Waals surface area contributed by atoms with Gasteiger partial charge in [0.15, 0.2) is 0 Å². The zero-order chi connectivity index (χ0) is 17.7. The summed E-state index contributed by atoms with van der Waals surface area (Å²) in [4.78, 5) is 16.1. The first kappa shape index (κ1) is 18.1. The molecule has 0 saturated carbocycles. The Kier molecular flexibility index (Phi) is 6.04. The average molecular weight is 348 g/mol. The molecule has 6 heteroatoms. The monoisotopic (exact) mass is 347 g/mol. The second-order valence-electron chi connectivity index (χ2n) is 6.00. The first-order valence-electron chi connectivity index (χ1n) is 7.76. The van der Waals surface area contributed by atoms with E-state index in [2.05, 4.69) is 15.6 Å². The number of carbonyl (C=O) groups excluding carboxylic acids is 1. The molecule has 0 aliphatic heterocycles. The van der Waals surface area contributed by atoms with E-state index >= 15 is 0 Å². The molecule has 2 rings (SSSR count). The van der Waals surface area contributed by atoms with Crippen LogP contribution in [0.4, 0.5) is 17.2 Å². The van der Waals surface area contributed by atoms with Gasteiger partial charge in [-0.2, -0.15) is 0 Å². The molecule has 0 aliphatic carbocycles. The number of aryl methyl sites for hydroxylation is 1. The van der Waals surface area contributed by atoms with Crippen LogP contribution in [-0.2, 0) is 4.79 Å². The van der Waals surface area contributed by atoms with Crippen LogP contribution in [0.25, 0.3) is 0 Å². The molecule has 1 amide bonds. The summed E-state index contributed by atoms with van der Waals surface area (Å²) >= 11 is 6.11. The van der Waals surface area contributed by atoms with Crippen molar-refractivity contribution in [2.45, 2.75) is 27.2 Å². The van der Waals surface area contributed by atoms with Gasteiger partial charge in [-0.1, -0.05) is 25.4 Å². The maximum Gasteiger partial charge on any atom is 0.224 e. The zero-order valence-electron chi connectivity index (χ0n) is 14.3. The van der Waals surface area contributed by atoms with Crippen LogP contribution in [0.2, 0.25) is 5.02 Å². The number of anilines is 3. The smallest absolute Gasteiger partial charge is 0.224 e. The van der Waals surface area contributed by atoms with E-state index in [1.165, 1.54) is 0 Å². The minimum Gasteiger partial charge on any atom is -0.495 e. The first-order chi connectivity index (χ1) is 11.4. The van der Waals surface area contributed by atoms with Gasteiger partial charge in [-0.25, -0.2) is 4.98 Å². The lowest BCUT2D eigenvalue weighted by Crippen LogP contribution is -2.14. The molecule has 5 nitrogen and oxygen atoms in total. The van der Waals surface area contributed by atoms with Crippen molar-refractivity contribution in [1.29, 1.82) is 0 Å². The Morgan fingerprint density at radius 2 is 2.08 bits per heavy atom. The number of hydrogen-bond acceptors (Lipinski definition) is 4. The van der Waals surface area contributed by atoms with Crippen molar-refractivity contribution < 1.29 is 9.53 Å². The molecule has 0 saturated heterocycles. The number of methoxy groups -OCH3 is 1. The van der Waals surface area contributed by atoms with Crippen molar-refractivity contribution in [2.24, 2.45) is 5.92 Å². The Hall–Kier alpha value is -2.27. The molecule has 0 spiro atoms. The predicted molar refractivity (Wildman–Crippen MR) is 98.3 cm³/mol. The maximum atomic E-state index is 11.8. The van der Waals surface area contributed by atoms with Crippen LogP contribution in [0.15, 0.2) is 30.5 Å². The SMILES string of the molecule is COc1cc(Cl)c(C)cc1Nc1ccc(NC(=O)CC(C)C)cn1. The fourth-order valence-electron chi connectivity index (χ4n) is 2.19. The van der Waals surface area contributed by atoms with Gasteiger partial charge in [0.25, 0.3) is 0 Å². The highest BCUT2D eigenvalue weighted by Crippen LogP contribution is 2.32. The summed E-state index contributed by atoms with van der Waals surface area (Å²) < 4.78 is 5.33. The zero-order valence-corrected chi connectivity index (χ0v) is 15.1. The Morgan fingerprint density at radius 3 is 2.67 bits per heavy atom. The third-order valence-corrected chi connectivity index (χ3v) is 3.79. The third-order valence-electron chi connectivity index (χ3n) is 3.38. The number of hydrogen-bond donors (Lipinski definition) is 2. The van der Waals surface area contributed by atoms with Gasteiger partial charge in [0.05, 0.1) is 24.7 Å². The molecule has 0 unspecified atom stereocenters. The van der Waals surface area contributed by atoms with E-state index in [9.17, 15) is 4.79 Å². The van der Waals surface area contributed by atoms with Crippen LogP contribution in [-0.4, -0.2) is 18.0 Å². The Bertz CT molecular complexity index is 715. The van der Waals surface area contributed by atoms with Crippen LogP contribution in [0.1, 0.15) is 25.8 Å². The van der Waals surface area contributed by atoms with Crippen LogP contribution >= 0.6 is 11.6 Å². The number of ether oxygens (including phenoxy) is 1. The molecular formula is C18H22ClN3O2. The van der Waals surface area contributed by atoms with E-state index in [0.29, 0.717) is 34.6 Å². The van der Waals surface area contributed by atoms with E-state index in [4.69, 9.17) is 16.3 Å². The molecule has 1 aromatic heterocycles. The Labute approximate surface area is 147 Å². The molecule has 2 aromatic rings. The van der Waals surface area contributed by atoms with Crippen molar-refractivity contribution in [2.75, 3.05) is 17.7 Å². The van der Waals surface area contributed by atoms with E-state index in [1.54, 1.807) is 25.4 Å². The highest BCUT2D eigenvalue weighted by molar-refractivity contribution is 6.31. The Balaban J connectivity index is 2.09. The first-order valence-corrected chi connectivity index (χ1v) is 8.14. The van der Waals surface area contributed by atoms with Crippen molar-refractivity contribution >= 4 is 34.7 Å². The second-order valence-corrected chi connectivity index (χ2v) is 6.41. The lowest BCUT2D eigenvalue weighted by atomic mass is 10.1. The maximum absolute atomic E-state index is 11.8.